The van der Waals surface area contributed by atoms with Gasteiger partial charge in [-0.1, -0.05) is 18.2 Å². The van der Waals surface area contributed by atoms with Gasteiger partial charge < -0.3 is 24.3 Å². The topological polar surface area (TPSA) is 74.7 Å². The maximum atomic E-state index is 5.87. The van der Waals surface area contributed by atoms with Crippen molar-refractivity contribution in [3.63, 3.8) is 0 Å². The highest BCUT2D eigenvalue weighted by Gasteiger charge is 2.13. The molecule has 0 spiro atoms. The summed E-state index contributed by atoms with van der Waals surface area (Å²) in [7, 11) is 3.27. The molecule has 1 N–H and O–H groups in total. The average Bonchev–Trinajstić information content (AvgIpc) is 2.70. The number of nitrogens with one attached hydrogen (secondary N) is 1. The number of methoxy groups -OCH3 is 2. The number of fused-ring (bicyclic) bond motifs is 1. The van der Waals surface area contributed by atoms with Crippen molar-refractivity contribution in [2.45, 2.75) is 6.92 Å². The number of ether oxygens (including phenoxy) is 4. The third kappa shape index (κ3) is 4.88. The number of hydrogen-bond acceptors (Lipinski definition) is 7. The molecule has 3 aromatic rings. The van der Waals surface area contributed by atoms with E-state index in [1.807, 2.05) is 43.3 Å². The van der Waals surface area contributed by atoms with E-state index in [0.717, 1.165) is 22.2 Å². The summed E-state index contributed by atoms with van der Waals surface area (Å²) in [6.45, 7) is 3.85. The number of benzene rings is 2. The van der Waals surface area contributed by atoms with Crippen molar-refractivity contribution in [1.29, 1.82) is 0 Å². The summed E-state index contributed by atoms with van der Waals surface area (Å²) in [5.74, 6) is 1.93. The minimum absolute atomic E-state index is 0.414. The first-order valence-corrected chi connectivity index (χ1v) is 9.08. The number of aromatic nitrogens is 2. The van der Waals surface area contributed by atoms with E-state index in [2.05, 4.69) is 15.3 Å². The Balaban J connectivity index is 1.96. The molecule has 0 aliphatic heterocycles. The predicted octanol–water partition coefficient (Wildman–Crippen LogP) is 3.73. The molecule has 1 aromatic heterocycles. The standard InChI is InChI=1S/C21H25N3O4/c1-15-6-4-5-7-17(15)24-21-16-12-19(27-10-8-25-2)20(28-11-9-26-3)13-18(16)22-14-23-21/h4-7,12-14H,8-11H2,1-3H3,(H,22,23,24). The van der Waals surface area contributed by atoms with Gasteiger partial charge in [0.2, 0.25) is 0 Å². The number of aryl methyl sites for hydroxylation is 1. The van der Waals surface area contributed by atoms with Crippen LogP contribution < -0.4 is 14.8 Å². The fraction of sp³-hybridized carbons (Fsp3) is 0.333. The molecule has 7 heteroatoms. The first kappa shape index (κ1) is 19.9. The lowest BCUT2D eigenvalue weighted by Gasteiger charge is -2.15. The van der Waals surface area contributed by atoms with Crippen molar-refractivity contribution in [2.75, 3.05) is 46.0 Å². The minimum atomic E-state index is 0.414. The van der Waals surface area contributed by atoms with Crippen LogP contribution in [0.1, 0.15) is 5.56 Å². The molecule has 0 saturated heterocycles. The van der Waals surface area contributed by atoms with Crippen molar-refractivity contribution in [2.24, 2.45) is 0 Å². The van der Waals surface area contributed by atoms with Gasteiger partial charge in [-0.05, 0) is 24.6 Å². The molecule has 2 aromatic carbocycles. The zero-order chi connectivity index (χ0) is 19.8. The molecule has 0 atom stereocenters. The molecule has 0 aliphatic carbocycles. The van der Waals surface area contributed by atoms with Gasteiger partial charge in [-0.3, -0.25) is 0 Å². The SMILES string of the molecule is COCCOc1cc2ncnc(Nc3ccccc3C)c2cc1OCCOC. The lowest BCUT2D eigenvalue weighted by Crippen LogP contribution is -2.09. The Hall–Kier alpha value is -2.90. The number of nitrogens with zero attached hydrogens (tertiary/aromatic N) is 2. The zero-order valence-corrected chi connectivity index (χ0v) is 16.4. The Morgan fingerprint density at radius 1 is 0.857 bits per heavy atom. The summed E-state index contributed by atoms with van der Waals surface area (Å²) < 4.78 is 21.8. The normalized spacial score (nSPS) is 10.8. The van der Waals surface area contributed by atoms with Crippen LogP contribution in [-0.4, -0.2) is 50.6 Å². The highest BCUT2D eigenvalue weighted by Crippen LogP contribution is 2.35. The minimum Gasteiger partial charge on any atom is -0.487 e. The lowest BCUT2D eigenvalue weighted by molar-refractivity contribution is 0.132. The molecule has 0 saturated carbocycles. The Morgan fingerprint density at radius 2 is 1.54 bits per heavy atom. The molecule has 148 valence electrons. The molecular weight excluding hydrogens is 358 g/mol. The van der Waals surface area contributed by atoms with E-state index in [-0.39, 0.29) is 0 Å². The van der Waals surface area contributed by atoms with Crippen molar-refractivity contribution >= 4 is 22.4 Å². The Kier molecular flexibility index (Phi) is 7.00. The summed E-state index contributed by atoms with van der Waals surface area (Å²) >= 11 is 0. The maximum absolute atomic E-state index is 5.87. The summed E-state index contributed by atoms with van der Waals surface area (Å²) in [6.07, 6.45) is 1.54. The largest absolute Gasteiger partial charge is 0.487 e. The highest BCUT2D eigenvalue weighted by atomic mass is 16.5. The number of anilines is 2. The summed E-state index contributed by atoms with van der Waals surface area (Å²) in [4.78, 5) is 8.81. The van der Waals surface area contributed by atoms with E-state index in [4.69, 9.17) is 18.9 Å². The molecule has 0 unspecified atom stereocenters. The van der Waals surface area contributed by atoms with Crippen LogP contribution in [0.2, 0.25) is 0 Å². The highest BCUT2D eigenvalue weighted by molar-refractivity contribution is 5.93. The van der Waals surface area contributed by atoms with Crippen molar-refractivity contribution < 1.29 is 18.9 Å². The van der Waals surface area contributed by atoms with Crippen molar-refractivity contribution in [1.82, 2.24) is 9.97 Å². The van der Waals surface area contributed by atoms with Gasteiger partial charge in [0, 0.05) is 31.4 Å². The van der Waals surface area contributed by atoms with Crippen LogP contribution >= 0.6 is 0 Å². The fourth-order valence-electron chi connectivity index (χ4n) is 2.70. The Bertz CT molecular complexity index is 917. The molecule has 3 rings (SSSR count). The predicted molar refractivity (Wildman–Crippen MR) is 109 cm³/mol. The number of para-hydroxylation sites is 1. The van der Waals surface area contributed by atoms with Gasteiger partial charge in [0.05, 0.1) is 18.7 Å². The van der Waals surface area contributed by atoms with Gasteiger partial charge >= 0.3 is 0 Å². The van der Waals surface area contributed by atoms with Crippen molar-refractivity contribution in [3.05, 3.63) is 48.3 Å². The maximum Gasteiger partial charge on any atom is 0.163 e. The average molecular weight is 383 g/mol. The molecule has 0 fully saturated rings. The summed E-state index contributed by atoms with van der Waals surface area (Å²) in [5.41, 5.74) is 2.88. The van der Waals surface area contributed by atoms with Crippen LogP contribution in [0, 0.1) is 6.92 Å². The first-order valence-electron chi connectivity index (χ1n) is 9.08. The van der Waals surface area contributed by atoms with Gasteiger partial charge in [0.25, 0.3) is 0 Å². The van der Waals surface area contributed by atoms with Crippen LogP contribution in [0.5, 0.6) is 11.5 Å². The summed E-state index contributed by atoms with van der Waals surface area (Å²) in [5, 5.41) is 4.23. The quantitative estimate of drug-likeness (QED) is 0.535. The smallest absolute Gasteiger partial charge is 0.163 e. The fourth-order valence-corrected chi connectivity index (χ4v) is 2.70. The molecule has 7 nitrogen and oxygen atoms in total. The van der Waals surface area contributed by atoms with Gasteiger partial charge in [0.15, 0.2) is 11.5 Å². The van der Waals surface area contributed by atoms with Crippen LogP contribution in [0.3, 0.4) is 0 Å². The summed E-state index contributed by atoms with van der Waals surface area (Å²) in [6, 6.07) is 11.8. The van der Waals surface area contributed by atoms with E-state index in [1.165, 1.54) is 6.33 Å². The van der Waals surface area contributed by atoms with Gasteiger partial charge in [-0.15, -0.1) is 0 Å². The molecular formula is C21H25N3O4. The van der Waals surface area contributed by atoms with Crippen LogP contribution in [0.4, 0.5) is 11.5 Å². The van der Waals surface area contributed by atoms with Crippen LogP contribution in [-0.2, 0) is 9.47 Å². The molecule has 1 heterocycles. The third-order valence-electron chi connectivity index (χ3n) is 4.19. The second kappa shape index (κ2) is 9.87. The molecule has 0 aliphatic rings. The lowest BCUT2D eigenvalue weighted by atomic mass is 10.1. The van der Waals surface area contributed by atoms with Gasteiger partial charge in [-0.25, -0.2) is 9.97 Å². The third-order valence-corrected chi connectivity index (χ3v) is 4.19. The van der Waals surface area contributed by atoms with Crippen molar-refractivity contribution in [3.8, 4) is 11.5 Å². The van der Waals surface area contributed by atoms with E-state index >= 15 is 0 Å². The second-order valence-corrected chi connectivity index (χ2v) is 6.16. The van der Waals surface area contributed by atoms with Crippen LogP contribution in [0.15, 0.2) is 42.7 Å². The zero-order valence-electron chi connectivity index (χ0n) is 16.4. The number of hydrogen-bond donors (Lipinski definition) is 1. The number of rotatable bonds is 10. The van der Waals surface area contributed by atoms with E-state index in [0.29, 0.717) is 43.7 Å². The van der Waals surface area contributed by atoms with Crippen LogP contribution in [0.25, 0.3) is 10.9 Å². The monoisotopic (exact) mass is 383 g/mol. The Labute approximate surface area is 164 Å². The molecule has 0 bridgehead atoms. The first-order chi connectivity index (χ1) is 13.7. The Morgan fingerprint density at radius 3 is 2.21 bits per heavy atom. The van der Waals surface area contributed by atoms with Gasteiger partial charge in [-0.2, -0.15) is 0 Å². The van der Waals surface area contributed by atoms with E-state index in [9.17, 15) is 0 Å². The molecule has 0 radical (unpaired) electrons. The van der Waals surface area contributed by atoms with E-state index < -0.39 is 0 Å². The molecule has 0 amide bonds. The van der Waals surface area contributed by atoms with E-state index in [1.54, 1.807) is 14.2 Å². The molecule has 28 heavy (non-hydrogen) atoms. The second-order valence-electron chi connectivity index (χ2n) is 6.16. The van der Waals surface area contributed by atoms with Gasteiger partial charge in [0.1, 0.15) is 25.4 Å².